The summed E-state index contributed by atoms with van der Waals surface area (Å²) < 4.78 is 5.59. The maximum Gasteiger partial charge on any atom is 0.185 e. The van der Waals surface area contributed by atoms with E-state index in [4.69, 9.17) is 21.2 Å². The summed E-state index contributed by atoms with van der Waals surface area (Å²) in [4.78, 5) is 17.3. The van der Waals surface area contributed by atoms with Crippen molar-refractivity contribution in [2.45, 2.75) is 33.3 Å². The van der Waals surface area contributed by atoms with Gasteiger partial charge in [0, 0.05) is 16.9 Å². The first-order valence-corrected chi connectivity index (χ1v) is 6.90. The van der Waals surface area contributed by atoms with Crippen LogP contribution in [0.15, 0.2) is 29.4 Å². The molecule has 1 unspecified atom stereocenters. The van der Waals surface area contributed by atoms with Crippen LogP contribution in [0.5, 0.6) is 5.75 Å². The molecule has 1 aliphatic heterocycles. The van der Waals surface area contributed by atoms with Gasteiger partial charge in [-0.3, -0.25) is 4.79 Å². The van der Waals surface area contributed by atoms with E-state index < -0.39 is 5.41 Å². The van der Waals surface area contributed by atoms with Crippen LogP contribution in [0.3, 0.4) is 0 Å². The number of oxime groups is 1. The Labute approximate surface area is 123 Å². The van der Waals surface area contributed by atoms with Crippen LogP contribution in [0.2, 0.25) is 5.02 Å². The second kappa shape index (κ2) is 5.83. The smallest absolute Gasteiger partial charge is 0.185 e. The van der Waals surface area contributed by atoms with Gasteiger partial charge in [0.25, 0.3) is 0 Å². The van der Waals surface area contributed by atoms with Gasteiger partial charge < -0.3 is 9.57 Å². The molecule has 0 aromatic heterocycles. The van der Waals surface area contributed by atoms with Crippen molar-refractivity contribution in [3.8, 4) is 5.75 Å². The molecule has 0 saturated heterocycles. The highest BCUT2D eigenvalue weighted by atomic mass is 35.5. The van der Waals surface area contributed by atoms with Crippen LogP contribution in [0.1, 0.15) is 27.2 Å². The molecule has 4 nitrogen and oxygen atoms in total. The van der Waals surface area contributed by atoms with Crippen LogP contribution in [-0.4, -0.2) is 24.2 Å². The molecule has 1 heterocycles. The topological polar surface area (TPSA) is 47.9 Å². The predicted octanol–water partition coefficient (Wildman–Crippen LogP) is 3.48. The number of ether oxygens (including phenoxy) is 1. The lowest BCUT2D eigenvalue weighted by Gasteiger charge is -2.15. The molecular formula is C15H18ClNO3. The van der Waals surface area contributed by atoms with Crippen molar-refractivity contribution >= 4 is 23.1 Å². The first-order chi connectivity index (χ1) is 9.36. The number of benzene rings is 1. The quantitative estimate of drug-likeness (QED) is 0.854. The zero-order valence-corrected chi connectivity index (χ0v) is 12.6. The monoisotopic (exact) mass is 295 g/mol. The van der Waals surface area contributed by atoms with Crippen molar-refractivity contribution in [2.75, 3.05) is 6.61 Å². The van der Waals surface area contributed by atoms with E-state index in [2.05, 4.69) is 5.16 Å². The van der Waals surface area contributed by atoms with Crippen molar-refractivity contribution in [3.63, 3.8) is 0 Å². The van der Waals surface area contributed by atoms with Gasteiger partial charge in [-0.2, -0.15) is 0 Å². The Morgan fingerprint density at radius 3 is 2.65 bits per heavy atom. The number of Topliss-reactive ketones (excluding diaryl/α,β-unsaturated/α-hetero) is 1. The largest absolute Gasteiger partial charge is 0.490 e. The van der Waals surface area contributed by atoms with Crippen molar-refractivity contribution < 1.29 is 14.4 Å². The molecule has 0 spiro atoms. The third kappa shape index (κ3) is 3.73. The standard InChI is InChI=1S/C15H18ClNO3/c1-15(2,3)14(18)13-8-12(20-17-13)9-19-11-6-4-10(16)5-7-11/h4-7,12H,8-9H2,1-3H3. The van der Waals surface area contributed by atoms with Crippen molar-refractivity contribution in [2.24, 2.45) is 10.6 Å². The van der Waals surface area contributed by atoms with Crippen LogP contribution >= 0.6 is 11.6 Å². The molecule has 0 bridgehead atoms. The number of carbonyl (C=O) groups is 1. The summed E-state index contributed by atoms with van der Waals surface area (Å²) in [6, 6.07) is 7.10. The fourth-order valence-electron chi connectivity index (χ4n) is 1.80. The third-order valence-electron chi connectivity index (χ3n) is 2.93. The number of ketones is 1. The molecule has 0 fully saturated rings. The molecule has 1 aliphatic rings. The highest BCUT2D eigenvalue weighted by Gasteiger charge is 2.33. The summed E-state index contributed by atoms with van der Waals surface area (Å²) in [7, 11) is 0. The zero-order valence-electron chi connectivity index (χ0n) is 11.9. The SMILES string of the molecule is CC(C)(C)C(=O)C1=NOC(COc2ccc(Cl)cc2)C1. The van der Waals surface area contributed by atoms with Crippen molar-refractivity contribution in [1.82, 2.24) is 0 Å². The fraction of sp³-hybridized carbons (Fsp3) is 0.467. The minimum Gasteiger partial charge on any atom is -0.490 e. The molecule has 0 radical (unpaired) electrons. The van der Waals surface area contributed by atoms with Gasteiger partial charge in [-0.1, -0.05) is 37.5 Å². The number of hydrogen-bond acceptors (Lipinski definition) is 4. The van der Waals surface area contributed by atoms with E-state index in [0.717, 1.165) is 0 Å². The van der Waals surface area contributed by atoms with Gasteiger partial charge in [-0.15, -0.1) is 0 Å². The second-order valence-corrected chi connectivity index (χ2v) is 6.25. The molecule has 5 heteroatoms. The van der Waals surface area contributed by atoms with Gasteiger partial charge in [0.2, 0.25) is 0 Å². The molecule has 0 amide bonds. The van der Waals surface area contributed by atoms with E-state index in [9.17, 15) is 4.79 Å². The molecule has 0 N–H and O–H groups in total. The first-order valence-electron chi connectivity index (χ1n) is 6.52. The van der Waals surface area contributed by atoms with E-state index in [-0.39, 0.29) is 11.9 Å². The molecule has 20 heavy (non-hydrogen) atoms. The molecular weight excluding hydrogens is 278 g/mol. The lowest BCUT2D eigenvalue weighted by molar-refractivity contribution is -0.119. The van der Waals surface area contributed by atoms with E-state index in [1.807, 2.05) is 20.8 Å². The van der Waals surface area contributed by atoms with Crippen molar-refractivity contribution in [3.05, 3.63) is 29.3 Å². The average molecular weight is 296 g/mol. The van der Waals surface area contributed by atoms with E-state index in [1.165, 1.54) is 0 Å². The summed E-state index contributed by atoms with van der Waals surface area (Å²) in [6.45, 7) is 5.96. The van der Waals surface area contributed by atoms with E-state index in [0.29, 0.717) is 29.5 Å². The molecule has 1 aromatic rings. The summed E-state index contributed by atoms with van der Waals surface area (Å²) in [5, 5.41) is 4.54. The average Bonchev–Trinajstić information content (AvgIpc) is 2.85. The lowest BCUT2D eigenvalue weighted by Crippen LogP contribution is -2.29. The summed E-state index contributed by atoms with van der Waals surface area (Å²) in [6.07, 6.45) is 0.274. The zero-order chi connectivity index (χ0) is 14.8. The Kier molecular flexibility index (Phi) is 4.33. The van der Waals surface area contributed by atoms with Crippen LogP contribution < -0.4 is 4.74 Å². The summed E-state index contributed by atoms with van der Waals surface area (Å²) in [5.74, 6) is 0.736. The predicted molar refractivity (Wildman–Crippen MR) is 78.3 cm³/mol. The number of nitrogens with zero attached hydrogens (tertiary/aromatic N) is 1. The molecule has 0 saturated carbocycles. The van der Waals surface area contributed by atoms with Gasteiger partial charge in [0.05, 0.1) is 0 Å². The van der Waals surface area contributed by atoms with Crippen LogP contribution in [0.25, 0.3) is 0 Å². The fourth-order valence-corrected chi connectivity index (χ4v) is 1.93. The lowest BCUT2D eigenvalue weighted by atomic mass is 9.87. The van der Waals surface area contributed by atoms with Gasteiger partial charge in [0.15, 0.2) is 11.9 Å². The first kappa shape index (κ1) is 14.9. The summed E-state index contributed by atoms with van der Waals surface area (Å²) >= 11 is 5.80. The number of halogens is 1. The van der Waals surface area contributed by atoms with Gasteiger partial charge in [0.1, 0.15) is 18.1 Å². The Hall–Kier alpha value is -1.55. The second-order valence-electron chi connectivity index (χ2n) is 5.81. The van der Waals surface area contributed by atoms with E-state index >= 15 is 0 Å². The van der Waals surface area contributed by atoms with Crippen molar-refractivity contribution in [1.29, 1.82) is 0 Å². The Morgan fingerprint density at radius 1 is 1.40 bits per heavy atom. The van der Waals surface area contributed by atoms with E-state index in [1.54, 1.807) is 24.3 Å². The summed E-state index contributed by atoms with van der Waals surface area (Å²) in [5.41, 5.74) is 0.0518. The molecule has 2 rings (SSSR count). The number of carbonyl (C=O) groups excluding carboxylic acids is 1. The normalized spacial score (nSPS) is 18.4. The van der Waals surface area contributed by atoms with Gasteiger partial charge in [-0.25, -0.2) is 0 Å². The van der Waals surface area contributed by atoms with Gasteiger partial charge >= 0.3 is 0 Å². The third-order valence-corrected chi connectivity index (χ3v) is 3.18. The Morgan fingerprint density at radius 2 is 2.05 bits per heavy atom. The molecule has 108 valence electrons. The van der Waals surface area contributed by atoms with Crippen LogP contribution in [-0.2, 0) is 9.63 Å². The molecule has 1 aromatic carbocycles. The van der Waals surface area contributed by atoms with Crippen LogP contribution in [0.4, 0.5) is 0 Å². The minimum absolute atomic E-state index is 0.0199. The van der Waals surface area contributed by atoms with Gasteiger partial charge in [-0.05, 0) is 24.3 Å². The minimum atomic E-state index is -0.436. The molecule has 1 atom stereocenters. The highest BCUT2D eigenvalue weighted by Crippen LogP contribution is 2.22. The Bertz CT molecular complexity index is 517. The number of rotatable bonds is 4. The molecule has 0 aliphatic carbocycles. The maximum absolute atomic E-state index is 12.1. The Balaban J connectivity index is 1.84. The highest BCUT2D eigenvalue weighted by molar-refractivity contribution is 6.41. The maximum atomic E-state index is 12.1. The van der Waals surface area contributed by atoms with Crippen LogP contribution in [0, 0.1) is 5.41 Å². The number of hydrogen-bond donors (Lipinski definition) is 0.